The maximum Gasteiger partial charge on any atom is 0.335 e. The number of alkyl halides is 1. The Bertz CT molecular complexity index is 1530. The number of carbonyl (C=O) groups is 8. The number of aromatic carboxylic acids is 1. The Hall–Kier alpha value is -4.50. The maximum absolute atomic E-state index is 12.4. The molecule has 1 aromatic carbocycles. The van der Waals surface area contributed by atoms with E-state index in [-0.39, 0.29) is 119 Å². The van der Waals surface area contributed by atoms with E-state index in [2.05, 4.69) is 31.9 Å². The van der Waals surface area contributed by atoms with Crippen LogP contribution in [0.3, 0.4) is 0 Å². The van der Waals surface area contributed by atoms with Crippen LogP contribution in [0.25, 0.3) is 0 Å². The van der Waals surface area contributed by atoms with Crippen molar-refractivity contribution >= 4 is 63.1 Å². The summed E-state index contributed by atoms with van der Waals surface area (Å²) in [5.41, 5.74) is 0.215. The van der Waals surface area contributed by atoms with E-state index in [0.717, 1.165) is 38.5 Å². The Balaban J connectivity index is 1.94. The molecule has 1 aromatic rings. The Morgan fingerprint density at radius 2 is 1.14 bits per heavy atom. The van der Waals surface area contributed by atoms with Gasteiger partial charge in [-0.25, -0.2) is 9.59 Å². The first-order valence-corrected chi connectivity index (χ1v) is 23.1. The van der Waals surface area contributed by atoms with E-state index in [9.17, 15) is 43.5 Å². The van der Waals surface area contributed by atoms with Gasteiger partial charge in [-0.05, 0) is 69.2 Å². The predicted octanol–water partition coefficient (Wildman–Crippen LogP) is 4.11. The Kier molecular flexibility index (Phi) is 34.0. The number of carboxylic acids is 3. The van der Waals surface area contributed by atoms with Gasteiger partial charge >= 0.3 is 17.9 Å². The van der Waals surface area contributed by atoms with Crippen molar-refractivity contribution in [2.24, 2.45) is 5.92 Å². The van der Waals surface area contributed by atoms with E-state index in [4.69, 9.17) is 33.9 Å². The quantitative estimate of drug-likeness (QED) is 0.0397. The summed E-state index contributed by atoms with van der Waals surface area (Å²) in [6.07, 6.45) is 8.76. The number of nitrogens with one attached hydrogen (secondary N) is 3. The number of rotatable bonds is 43. The van der Waals surface area contributed by atoms with Crippen molar-refractivity contribution < 1.29 is 77.4 Å². The maximum atomic E-state index is 12.4. The number of carbonyl (C=O) groups excluding carboxylic acids is 5. The molecule has 0 aliphatic carbocycles. The average molecular weight is 975 g/mol. The molecule has 0 radical (unpaired) electrons. The lowest BCUT2D eigenvalue weighted by Gasteiger charge is -2.13. The third kappa shape index (κ3) is 32.2. The first-order chi connectivity index (χ1) is 30.8. The first-order valence-electron chi connectivity index (χ1n) is 22.0. The van der Waals surface area contributed by atoms with Crippen molar-refractivity contribution in [1.82, 2.24) is 16.0 Å². The number of halogens is 1. The molecule has 1 rings (SSSR count). The molecule has 0 fully saturated rings. The van der Waals surface area contributed by atoms with Crippen LogP contribution in [0.2, 0.25) is 0 Å². The molecular formula is C44H68BrN3O16. The Morgan fingerprint density at radius 1 is 0.531 bits per heavy atom. The molecule has 0 saturated carbocycles. The van der Waals surface area contributed by atoms with Gasteiger partial charge in [0.1, 0.15) is 30.8 Å². The number of ether oxygens (including phenoxy) is 5. The van der Waals surface area contributed by atoms with E-state index in [1.165, 1.54) is 12.1 Å². The van der Waals surface area contributed by atoms with Crippen LogP contribution >= 0.6 is 15.9 Å². The number of hydrogen-bond donors (Lipinski definition) is 6. The molecular weight excluding hydrogens is 906 g/mol. The van der Waals surface area contributed by atoms with Gasteiger partial charge in [-0.15, -0.1) is 0 Å². The van der Waals surface area contributed by atoms with Gasteiger partial charge in [0.05, 0.1) is 56.5 Å². The highest BCUT2D eigenvalue weighted by atomic mass is 79.9. The molecule has 0 heterocycles. The third-order valence-corrected chi connectivity index (χ3v) is 10.1. The minimum atomic E-state index is -1.11. The summed E-state index contributed by atoms with van der Waals surface area (Å²) in [7, 11) is 0. The molecule has 0 saturated heterocycles. The van der Waals surface area contributed by atoms with Crippen molar-refractivity contribution in [3.8, 4) is 5.75 Å². The number of hydrogen-bond acceptors (Lipinski definition) is 13. The van der Waals surface area contributed by atoms with E-state index >= 15 is 0 Å². The smallest absolute Gasteiger partial charge is 0.335 e. The summed E-state index contributed by atoms with van der Waals surface area (Å²) in [4.78, 5) is 93.8. The minimum Gasteiger partial charge on any atom is -0.494 e. The SMILES string of the molecule is O=C(CCCOCCOCC(=O)NCCCC[C@H](NC(=O)CBr)C(=O)O)COCCOCCNC(=O)CC[C@H](CC(=O)CCCCCCCCCOc1ccc(C(=O)O)cc1)C(=O)O. The monoisotopic (exact) mass is 973 g/mol. The molecule has 0 spiro atoms. The summed E-state index contributed by atoms with van der Waals surface area (Å²) >= 11 is 2.97. The number of Topliss-reactive ketones (excluding diaryl/α,β-unsaturated/α-hetero) is 2. The number of amides is 3. The second-order valence-corrected chi connectivity index (χ2v) is 15.5. The number of aliphatic carboxylic acids is 2. The van der Waals surface area contributed by atoms with Gasteiger partial charge in [0.15, 0.2) is 5.78 Å². The van der Waals surface area contributed by atoms with Crippen molar-refractivity contribution in [3.63, 3.8) is 0 Å². The fourth-order valence-electron chi connectivity index (χ4n) is 6.01. The number of carboxylic acid groups (broad SMARTS) is 3. The van der Waals surface area contributed by atoms with Gasteiger partial charge in [-0.1, -0.05) is 48.0 Å². The fraction of sp³-hybridized carbons (Fsp3) is 0.682. The number of benzene rings is 1. The molecule has 0 aliphatic heterocycles. The molecule has 19 nitrogen and oxygen atoms in total. The zero-order valence-electron chi connectivity index (χ0n) is 36.8. The van der Waals surface area contributed by atoms with E-state index < -0.39 is 35.8 Å². The Morgan fingerprint density at radius 3 is 1.80 bits per heavy atom. The number of unbranched alkanes of at least 4 members (excludes halogenated alkanes) is 7. The van der Waals surface area contributed by atoms with Gasteiger partial charge in [0.2, 0.25) is 17.7 Å². The summed E-state index contributed by atoms with van der Waals surface area (Å²) in [5.74, 6) is -4.75. The van der Waals surface area contributed by atoms with Crippen molar-refractivity contribution in [1.29, 1.82) is 0 Å². The lowest BCUT2D eigenvalue weighted by Crippen LogP contribution is -2.41. The van der Waals surface area contributed by atoms with Gasteiger partial charge < -0.3 is 55.0 Å². The lowest BCUT2D eigenvalue weighted by atomic mass is 9.94. The lowest BCUT2D eigenvalue weighted by molar-refractivity contribution is -0.144. The van der Waals surface area contributed by atoms with E-state index in [1.54, 1.807) is 12.1 Å². The highest BCUT2D eigenvalue weighted by molar-refractivity contribution is 9.09. The number of ketones is 2. The Labute approximate surface area is 383 Å². The van der Waals surface area contributed by atoms with Crippen LogP contribution in [0.1, 0.15) is 113 Å². The van der Waals surface area contributed by atoms with Crippen LogP contribution in [-0.4, -0.2) is 146 Å². The molecule has 0 aromatic heterocycles. The van der Waals surface area contributed by atoms with Crippen molar-refractivity contribution in [2.45, 2.75) is 109 Å². The zero-order chi connectivity index (χ0) is 47.2. The molecule has 3 amide bonds. The van der Waals surface area contributed by atoms with Crippen molar-refractivity contribution in [3.05, 3.63) is 29.8 Å². The van der Waals surface area contributed by atoms with Crippen LogP contribution in [0.15, 0.2) is 24.3 Å². The minimum absolute atomic E-state index is 0.0165. The van der Waals surface area contributed by atoms with Crippen molar-refractivity contribution in [2.75, 3.05) is 77.9 Å². The van der Waals surface area contributed by atoms with Crippen LogP contribution < -0.4 is 20.7 Å². The largest absolute Gasteiger partial charge is 0.494 e. The van der Waals surface area contributed by atoms with Gasteiger partial charge in [-0.3, -0.25) is 28.8 Å². The molecule has 0 unspecified atom stereocenters. The summed E-state index contributed by atoms with van der Waals surface area (Å²) in [6, 6.07) is 5.32. The van der Waals surface area contributed by atoms with E-state index in [0.29, 0.717) is 57.6 Å². The first kappa shape index (κ1) is 57.5. The summed E-state index contributed by atoms with van der Waals surface area (Å²) in [5, 5.41) is 35.5. The normalized spacial score (nSPS) is 11.9. The second-order valence-electron chi connectivity index (χ2n) is 15.0. The van der Waals surface area contributed by atoms with E-state index in [1.807, 2.05) is 0 Å². The molecule has 0 aliphatic rings. The van der Waals surface area contributed by atoms with Crippen LogP contribution in [-0.2, 0) is 52.5 Å². The van der Waals surface area contributed by atoms with Crippen LogP contribution in [0.4, 0.5) is 0 Å². The zero-order valence-corrected chi connectivity index (χ0v) is 38.4. The third-order valence-electron chi connectivity index (χ3n) is 9.56. The highest BCUT2D eigenvalue weighted by Crippen LogP contribution is 2.17. The standard InChI is InChI=1S/C44H68BrN3O16/c45-30-40(52)48-38(44(58)59)13-7-8-20-46-41(53)32-63-28-25-60-22-10-12-36(50)31-62-27-26-61-24-21-47-39(51)19-16-34(43(56)57)29-35(49)11-6-4-2-1-3-5-9-23-64-37-17-14-33(15-18-37)42(54)55/h14-15,17-18,34,38H,1-13,16,19-32H2,(H,46,53)(H,47,51)(H,48,52)(H,54,55)(H,56,57)(H,58,59)/t34-,38+/m1/s1. The van der Waals surface area contributed by atoms with Gasteiger partial charge in [-0.2, -0.15) is 0 Å². The van der Waals surface area contributed by atoms with Crippen LogP contribution in [0.5, 0.6) is 5.75 Å². The second kappa shape index (κ2) is 37.8. The summed E-state index contributed by atoms with van der Waals surface area (Å²) in [6.45, 7) is 2.25. The summed E-state index contributed by atoms with van der Waals surface area (Å²) < 4.78 is 27.1. The highest BCUT2D eigenvalue weighted by Gasteiger charge is 2.22. The molecule has 20 heteroatoms. The molecule has 64 heavy (non-hydrogen) atoms. The topological polar surface area (TPSA) is 279 Å². The molecule has 0 bridgehead atoms. The van der Waals surface area contributed by atoms with Crippen LogP contribution in [0, 0.1) is 5.92 Å². The molecule has 2 atom stereocenters. The molecule has 6 N–H and O–H groups in total. The van der Waals surface area contributed by atoms with Gasteiger partial charge in [0.25, 0.3) is 0 Å². The fourth-order valence-corrected chi connectivity index (χ4v) is 6.18. The molecule has 362 valence electrons. The van der Waals surface area contributed by atoms with Gasteiger partial charge in [0, 0.05) is 45.4 Å². The average Bonchev–Trinajstić information content (AvgIpc) is 3.26. The predicted molar refractivity (Wildman–Crippen MR) is 237 cm³/mol.